The van der Waals surface area contributed by atoms with Crippen LogP contribution in [0.25, 0.3) is 0 Å². The zero-order valence-electron chi connectivity index (χ0n) is 39.1. The number of nitrogens with one attached hydrogen (secondary N) is 1. The highest BCUT2D eigenvalue weighted by atomic mass is 28.3. The summed E-state index contributed by atoms with van der Waals surface area (Å²) in [5, 5.41) is 24.7. The number of unbranched alkanes of at least 4 members (excludes halogenated alkanes) is 1. The molecule has 12 nitrogen and oxygen atoms in total. The molecule has 67 heavy (non-hydrogen) atoms. The topological polar surface area (TPSA) is 141 Å². The molecule has 9 rings (SSSR count). The van der Waals surface area contributed by atoms with Gasteiger partial charge in [-0.25, -0.2) is 0 Å². The van der Waals surface area contributed by atoms with Gasteiger partial charge in [-0.05, 0) is 122 Å². The van der Waals surface area contributed by atoms with Crippen LogP contribution in [0.2, 0.25) is 18.6 Å². The first kappa shape index (κ1) is 46.3. The van der Waals surface area contributed by atoms with Crippen LogP contribution in [0, 0.1) is 5.92 Å². The normalized spacial score (nSPS) is 23.3. The second-order valence-corrected chi connectivity index (χ2v) is 23.6. The quantitative estimate of drug-likeness (QED) is 0.0731. The van der Waals surface area contributed by atoms with Gasteiger partial charge in [-0.2, -0.15) is 0 Å². The maximum absolute atomic E-state index is 15.9. The zero-order valence-corrected chi connectivity index (χ0v) is 40.1. The van der Waals surface area contributed by atoms with Crippen molar-refractivity contribution >= 4 is 53.7 Å². The first-order valence-corrected chi connectivity index (χ1v) is 26.8. The second kappa shape index (κ2) is 19.0. The lowest BCUT2D eigenvalue weighted by Gasteiger charge is -2.39. The Morgan fingerprint density at radius 1 is 0.821 bits per heavy atom. The van der Waals surface area contributed by atoms with Gasteiger partial charge in [0.2, 0.25) is 11.8 Å². The molecule has 4 aliphatic rings. The summed E-state index contributed by atoms with van der Waals surface area (Å²) < 4.78 is 19.0. The van der Waals surface area contributed by atoms with Crippen LogP contribution in [0.4, 0.5) is 22.7 Å². The molecule has 0 aromatic heterocycles. The molecule has 0 aliphatic carbocycles. The predicted octanol–water partition coefficient (Wildman–Crippen LogP) is 7.28. The number of aliphatic hydroxyl groups is 2. The molecule has 5 aromatic rings. The summed E-state index contributed by atoms with van der Waals surface area (Å²) in [5.41, 5.74) is 4.65. The van der Waals surface area contributed by atoms with Gasteiger partial charge in [0.15, 0.2) is 5.60 Å². The van der Waals surface area contributed by atoms with Crippen LogP contribution in [-0.2, 0) is 44.1 Å². The molecule has 4 aliphatic heterocycles. The van der Waals surface area contributed by atoms with E-state index in [1.54, 1.807) is 21.8 Å². The maximum atomic E-state index is 15.9. The third kappa shape index (κ3) is 8.24. The van der Waals surface area contributed by atoms with Crippen LogP contribution < -0.4 is 29.8 Å². The minimum absolute atomic E-state index is 0.0133. The molecule has 0 radical (unpaired) electrons. The molecule has 1 unspecified atom stereocenters. The van der Waals surface area contributed by atoms with Gasteiger partial charge in [-0.3, -0.25) is 24.2 Å². The SMILES string of the molecule is CCOc1ccc2c(c1)CC(NCCCCO)C(=O)N2c1ccc2c(c1)[C@@]1(O[C@H](CC(=O)N3Cc4ccccc4C[C@H]3CO)[C@@H]([Si](C)(C)c3ccc(OC)cc3)[C@@H]1C)C(=O)N2c1ccccc1. The van der Waals surface area contributed by atoms with Crippen LogP contribution >= 0.6 is 0 Å². The van der Waals surface area contributed by atoms with Crippen LogP contribution in [-0.4, -0.2) is 92.6 Å². The average molecular weight is 923 g/mol. The summed E-state index contributed by atoms with van der Waals surface area (Å²) in [7, 11) is -1.02. The van der Waals surface area contributed by atoms with Gasteiger partial charge in [0.25, 0.3) is 5.91 Å². The van der Waals surface area contributed by atoms with E-state index in [1.807, 2.05) is 104 Å². The van der Waals surface area contributed by atoms with Crippen molar-refractivity contribution < 1.29 is 38.8 Å². The van der Waals surface area contributed by atoms with Crippen molar-refractivity contribution in [1.82, 2.24) is 10.2 Å². The summed E-state index contributed by atoms with van der Waals surface area (Å²) >= 11 is 0. The Morgan fingerprint density at radius 3 is 2.25 bits per heavy atom. The third-order valence-corrected chi connectivity index (χ3v) is 19.1. The molecule has 350 valence electrons. The molecular formula is C54H62N4O8Si. The van der Waals surface area contributed by atoms with Gasteiger partial charge < -0.3 is 34.6 Å². The summed E-state index contributed by atoms with van der Waals surface area (Å²) in [6.45, 7) is 9.97. The first-order valence-electron chi connectivity index (χ1n) is 23.7. The van der Waals surface area contributed by atoms with Gasteiger partial charge >= 0.3 is 0 Å². The molecule has 1 spiro atoms. The number of carbonyl (C=O) groups is 3. The van der Waals surface area contributed by atoms with Crippen LogP contribution in [0.5, 0.6) is 11.5 Å². The van der Waals surface area contributed by atoms with E-state index in [2.05, 4.69) is 43.5 Å². The van der Waals surface area contributed by atoms with E-state index < -0.39 is 37.8 Å². The minimum atomic E-state index is -2.67. The number of ether oxygens (including phenoxy) is 3. The Bertz CT molecular complexity index is 2630. The monoisotopic (exact) mass is 922 g/mol. The van der Waals surface area contributed by atoms with E-state index in [1.165, 1.54) is 0 Å². The molecular weight excluding hydrogens is 861 g/mol. The zero-order chi connectivity index (χ0) is 47.0. The highest BCUT2D eigenvalue weighted by molar-refractivity contribution is 6.91. The Kier molecular flexibility index (Phi) is 13.2. The number of methoxy groups -OCH3 is 1. The minimum Gasteiger partial charge on any atom is -0.497 e. The number of hydrogen-bond donors (Lipinski definition) is 3. The lowest BCUT2D eigenvalue weighted by Crippen LogP contribution is -2.52. The Morgan fingerprint density at radius 2 is 1.54 bits per heavy atom. The number of para-hydroxylation sites is 1. The predicted molar refractivity (Wildman–Crippen MR) is 262 cm³/mol. The average Bonchev–Trinajstić information content (AvgIpc) is 3.78. The fraction of sp³-hybridized carbons (Fsp3) is 0.389. The molecule has 1 saturated heterocycles. The molecule has 0 saturated carbocycles. The molecule has 0 bridgehead atoms. The van der Waals surface area contributed by atoms with Crippen molar-refractivity contribution in [1.29, 1.82) is 0 Å². The highest BCUT2D eigenvalue weighted by Crippen LogP contribution is 2.62. The summed E-state index contributed by atoms with van der Waals surface area (Å²) in [6, 6.07) is 36.5. The van der Waals surface area contributed by atoms with Gasteiger partial charge in [-0.1, -0.05) is 79.8 Å². The fourth-order valence-corrected chi connectivity index (χ4v) is 15.5. The number of benzene rings is 5. The van der Waals surface area contributed by atoms with E-state index in [9.17, 15) is 19.8 Å². The van der Waals surface area contributed by atoms with E-state index in [0.717, 1.165) is 33.3 Å². The number of aliphatic hydroxyl groups excluding tert-OH is 2. The van der Waals surface area contributed by atoms with Gasteiger partial charge in [0.05, 0.1) is 64.4 Å². The van der Waals surface area contributed by atoms with Crippen molar-refractivity contribution in [3.05, 3.63) is 138 Å². The van der Waals surface area contributed by atoms with Crippen molar-refractivity contribution in [2.75, 3.05) is 43.3 Å². The number of rotatable bonds is 15. The highest BCUT2D eigenvalue weighted by Gasteiger charge is 2.67. The maximum Gasteiger partial charge on any atom is 0.268 e. The number of hydrogen-bond acceptors (Lipinski definition) is 9. The fourth-order valence-electron chi connectivity index (χ4n) is 11.5. The molecule has 1 fully saturated rings. The largest absolute Gasteiger partial charge is 0.497 e. The number of amides is 3. The molecule has 5 aromatic carbocycles. The van der Waals surface area contributed by atoms with E-state index >= 15 is 4.79 Å². The van der Waals surface area contributed by atoms with Gasteiger partial charge in [0, 0.05) is 36.0 Å². The summed E-state index contributed by atoms with van der Waals surface area (Å²) in [4.78, 5) is 50.9. The van der Waals surface area contributed by atoms with Crippen LogP contribution in [0.3, 0.4) is 0 Å². The lowest BCUT2D eigenvalue weighted by atomic mass is 9.82. The summed E-state index contributed by atoms with van der Waals surface area (Å²) in [6.07, 6.45) is 1.68. The van der Waals surface area contributed by atoms with Crippen LogP contribution in [0.15, 0.2) is 115 Å². The number of nitrogens with zero attached hydrogens (tertiary/aromatic N) is 3. The smallest absolute Gasteiger partial charge is 0.268 e. The van der Waals surface area contributed by atoms with E-state index in [-0.39, 0.29) is 42.9 Å². The molecule has 6 atom stereocenters. The molecule has 3 N–H and O–H groups in total. The van der Waals surface area contributed by atoms with Crippen molar-refractivity contribution in [3.63, 3.8) is 0 Å². The Labute approximate surface area is 394 Å². The van der Waals surface area contributed by atoms with Crippen molar-refractivity contribution in [2.24, 2.45) is 5.92 Å². The van der Waals surface area contributed by atoms with E-state index in [4.69, 9.17) is 14.2 Å². The van der Waals surface area contributed by atoms with Gasteiger partial charge in [0.1, 0.15) is 11.5 Å². The number of fused-ring (bicyclic) bond motifs is 4. The Hall–Kier alpha value is -5.83. The van der Waals surface area contributed by atoms with E-state index in [0.29, 0.717) is 73.8 Å². The Balaban J connectivity index is 1.18. The third-order valence-electron chi connectivity index (χ3n) is 14.8. The second-order valence-electron chi connectivity index (χ2n) is 18.9. The van der Waals surface area contributed by atoms with Crippen LogP contribution in [0.1, 0.15) is 55.4 Å². The molecule has 13 heteroatoms. The molecule has 4 heterocycles. The summed E-state index contributed by atoms with van der Waals surface area (Å²) in [5.74, 6) is 0.520. The molecule has 3 amide bonds. The number of carbonyl (C=O) groups excluding carboxylic acids is 3. The van der Waals surface area contributed by atoms with Crippen molar-refractivity contribution in [3.8, 4) is 11.5 Å². The standard InChI is InChI=1S/C54H62N4O8Si/c1-6-65-43-21-25-47-38(29-43)30-46(55-26-12-13-27-59)52(62)57(47)40-18-24-48-45(31-40)54(53(63)58(48)39-16-8-7-9-17-39)35(2)51(67(4,5)44-22-19-42(64-3)20-23-44)49(66-54)32-50(61)56-33-37-15-11-10-14-36(37)28-41(56)34-60/h7-11,14-25,29,31,35,41,46,49,51,55,59-60H,6,12-13,26-28,30,32-34H2,1-5H3/t35-,41-,46?,49+,51-,54+/m0/s1. The number of anilines is 4. The van der Waals surface area contributed by atoms with Crippen molar-refractivity contribution in [2.45, 2.75) is 94.9 Å². The van der Waals surface area contributed by atoms with Gasteiger partial charge in [-0.15, -0.1) is 0 Å². The lowest BCUT2D eigenvalue weighted by molar-refractivity contribution is -0.150. The first-order chi connectivity index (χ1) is 32.4.